The molecule has 0 bridgehead atoms. The summed E-state index contributed by atoms with van der Waals surface area (Å²) in [6.07, 6.45) is 4.75. The van der Waals surface area contributed by atoms with E-state index in [0.717, 1.165) is 19.4 Å². The number of rotatable bonds is 4. The Bertz CT molecular complexity index is 117. The Morgan fingerprint density at radius 3 is 2.75 bits per heavy atom. The van der Waals surface area contributed by atoms with E-state index in [1.807, 2.05) is 6.92 Å². The van der Waals surface area contributed by atoms with E-state index in [4.69, 9.17) is 9.84 Å². The first-order valence-corrected chi connectivity index (χ1v) is 4.98. The summed E-state index contributed by atoms with van der Waals surface area (Å²) in [6.45, 7) is 4.98. The Hall–Kier alpha value is -0.0800. The van der Waals surface area contributed by atoms with Crippen LogP contribution in [0.3, 0.4) is 0 Å². The van der Waals surface area contributed by atoms with Gasteiger partial charge >= 0.3 is 0 Å². The van der Waals surface area contributed by atoms with Crippen molar-refractivity contribution in [2.75, 3.05) is 6.61 Å². The lowest BCUT2D eigenvalue weighted by atomic mass is 9.96. The van der Waals surface area contributed by atoms with Crippen molar-refractivity contribution in [2.24, 2.45) is 5.92 Å². The molecule has 72 valence electrons. The van der Waals surface area contributed by atoms with E-state index in [0.29, 0.717) is 12.0 Å². The van der Waals surface area contributed by atoms with Gasteiger partial charge in [0.15, 0.2) is 0 Å². The van der Waals surface area contributed by atoms with E-state index < -0.39 is 0 Å². The van der Waals surface area contributed by atoms with Crippen molar-refractivity contribution in [1.82, 2.24) is 0 Å². The van der Waals surface area contributed by atoms with E-state index in [9.17, 15) is 0 Å². The molecule has 0 aliphatic carbocycles. The lowest BCUT2D eigenvalue weighted by Crippen LogP contribution is -2.14. The van der Waals surface area contributed by atoms with Gasteiger partial charge in [-0.05, 0) is 38.5 Å². The molecule has 0 aromatic heterocycles. The van der Waals surface area contributed by atoms with E-state index in [1.54, 1.807) is 0 Å². The highest BCUT2D eigenvalue weighted by atomic mass is 16.5. The van der Waals surface area contributed by atoms with Gasteiger partial charge in [0, 0.05) is 6.61 Å². The predicted octanol–water partition coefficient (Wildman–Crippen LogP) is 1.96. The first kappa shape index (κ1) is 10.0. The maximum atomic E-state index is 9.16. The molecule has 0 aromatic rings. The van der Waals surface area contributed by atoms with Gasteiger partial charge in [-0.3, -0.25) is 0 Å². The minimum atomic E-state index is -0.165. The van der Waals surface area contributed by atoms with Crippen molar-refractivity contribution >= 4 is 0 Å². The van der Waals surface area contributed by atoms with Crippen molar-refractivity contribution in [3.63, 3.8) is 0 Å². The van der Waals surface area contributed by atoms with Crippen LogP contribution in [0.1, 0.15) is 39.5 Å². The van der Waals surface area contributed by atoms with Crippen molar-refractivity contribution < 1.29 is 9.84 Å². The van der Waals surface area contributed by atoms with Crippen LogP contribution < -0.4 is 0 Å². The van der Waals surface area contributed by atoms with Crippen LogP contribution in [0.2, 0.25) is 0 Å². The smallest absolute Gasteiger partial charge is 0.0578 e. The highest BCUT2D eigenvalue weighted by Gasteiger charge is 2.18. The van der Waals surface area contributed by atoms with Crippen molar-refractivity contribution in [3.05, 3.63) is 0 Å². The highest BCUT2D eigenvalue weighted by Crippen LogP contribution is 2.22. The normalized spacial score (nSPS) is 28.8. The molecule has 0 saturated carbocycles. The molecule has 0 aromatic carbocycles. The van der Waals surface area contributed by atoms with Crippen LogP contribution in [0, 0.1) is 5.92 Å². The molecule has 1 fully saturated rings. The van der Waals surface area contributed by atoms with Crippen LogP contribution in [0.4, 0.5) is 0 Å². The topological polar surface area (TPSA) is 29.5 Å². The lowest BCUT2D eigenvalue weighted by Gasteiger charge is -2.16. The predicted molar refractivity (Wildman–Crippen MR) is 49.1 cm³/mol. The molecule has 1 aliphatic rings. The molecule has 1 heterocycles. The monoisotopic (exact) mass is 172 g/mol. The van der Waals surface area contributed by atoms with E-state index >= 15 is 0 Å². The summed E-state index contributed by atoms with van der Waals surface area (Å²) in [5, 5.41) is 9.16. The molecule has 2 nitrogen and oxygen atoms in total. The van der Waals surface area contributed by atoms with Crippen LogP contribution in [0.5, 0.6) is 0 Å². The third-order valence-corrected chi connectivity index (χ3v) is 2.43. The van der Waals surface area contributed by atoms with Crippen molar-refractivity contribution in [3.8, 4) is 0 Å². The maximum Gasteiger partial charge on any atom is 0.0578 e. The summed E-state index contributed by atoms with van der Waals surface area (Å²) in [5.74, 6) is 0.591. The molecule has 1 aliphatic heterocycles. The molecule has 1 rings (SSSR count). The van der Waals surface area contributed by atoms with Gasteiger partial charge in [-0.1, -0.05) is 6.92 Å². The fraction of sp³-hybridized carbons (Fsp3) is 1.00. The van der Waals surface area contributed by atoms with Crippen LogP contribution in [0.25, 0.3) is 0 Å². The first-order chi connectivity index (χ1) is 5.68. The van der Waals surface area contributed by atoms with E-state index in [1.165, 1.54) is 12.8 Å². The average molecular weight is 172 g/mol. The largest absolute Gasteiger partial charge is 0.393 e. The molecule has 0 radical (unpaired) electrons. The fourth-order valence-corrected chi connectivity index (χ4v) is 1.96. The second-order valence-corrected chi connectivity index (χ2v) is 4.06. The first-order valence-electron chi connectivity index (χ1n) is 4.98. The zero-order chi connectivity index (χ0) is 8.97. The minimum Gasteiger partial charge on any atom is -0.393 e. The Labute approximate surface area is 74.9 Å². The molecular weight excluding hydrogens is 152 g/mol. The maximum absolute atomic E-state index is 9.16. The van der Waals surface area contributed by atoms with Gasteiger partial charge in [-0.2, -0.15) is 0 Å². The molecule has 1 N–H and O–H groups in total. The summed E-state index contributed by atoms with van der Waals surface area (Å²) in [7, 11) is 0. The Morgan fingerprint density at radius 2 is 2.25 bits per heavy atom. The summed E-state index contributed by atoms with van der Waals surface area (Å²) >= 11 is 0. The molecule has 0 amide bonds. The van der Waals surface area contributed by atoms with E-state index in [-0.39, 0.29) is 6.10 Å². The zero-order valence-electron chi connectivity index (χ0n) is 8.12. The average Bonchev–Trinajstić information content (AvgIpc) is 2.37. The Kier molecular flexibility index (Phi) is 4.02. The third kappa shape index (κ3) is 3.55. The second-order valence-electron chi connectivity index (χ2n) is 4.06. The number of ether oxygens (including phenoxy) is 1. The molecule has 0 spiro atoms. The van der Waals surface area contributed by atoms with E-state index in [2.05, 4.69) is 6.92 Å². The molecular formula is C10H20O2. The van der Waals surface area contributed by atoms with Gasteiger partial charge in [0.25, 0.3) is 0 Å². The molecule has 1 saturated heterocycles. The molecule has 2 heteroatoms. The fourth-order valence-electron chi connectivity index (χ4n) is 1.96. The minimum absolute atomic E-state index is 0.165. The lowest BCUT2D eigenvalue weighted by molar-refractivity contribution is 0.0800. The van der Waals surface area contributed by atoms with Gasteiger partial charge in [0.05, 0.1) is 12.2 Å². The van der Waals surface area contributed by atoms with Crippen molar-refractivity contribution in [1.29, 1.82) is 0 Å². The van der Waals surface area contributed by atoms with Crippen molar-refractivity contribution in [2.45, 2.75) is 51.7 Å². The van der Waals surface area contributed by atoms with Gasteiger partial charge in [0.2, 0.25) is 0 Å². The van der Waals surface area contributed by atoms with Crippen LogP contribution in [0.15, 0.2) is 0 Å². The number of hydrogen-bond acceptors (Lipinski definition) is 2. The summed E-state index contributed by atoms with van der Waals surface area (Å²) in [4.78, 5) is 0. The van der Waals surface area contributed by atoms with Crippen LogP contribution >= 0.6 is 0 Å². The van der Waals surface area contributed by atoms with Gasteiger partial charge in [-0.15, -0.1) is 0 Å². The Morgan fingerprint density at radius 1 is 1.50 bits per heavy atom. The van der Waals surface area contributed by atoms with Crippen LogP contribution in [-0.4, -0.2) is 23.9 Å². The quantitative estimate of drug-likeness (QED) is 0.702. The standard InChI is InChI=1S/C10H20O2/c1-8(6-9(2)11)7-10-4-3-5-12-10/h8-11H,3-7H2,1-2H3. The molecule has 12 heavy (non-hydrogen) atoms. The van der Waals surface area contributed by atoms with Gasteiger partial charge in [0.1, 0.15) is 0 Å². The summed E-state index contributed by atoms with van der Waals surface area (Å²) in [5.41, 5.74) is 0. The van der Waals surface area contributed by atoms with Gasteiger partial charge < -0.3 is 9.84 Å². The third-order valence-electron chi connectivity index (χ3n) is 2.43. The number of hydrogen-bond donors (Lipinski definition) is 1. The van der Waals surface area contributed by atoms with Crippen LogP contribution in [-0.2, 0) is 4.74 Å². The molecule has 3 unspecified atom stereocenters. The Balaban J connectivity index is 2.11. The SMILES string of the molecule is CC(O)CC(C)CC1CCCO1. The zero-order valence-corrected chi connectivity index (χ0v) is 8.12. The number of aliphatic hydroxyl groups excluding tert-OH is 1. The summed E-state index contributed by atoms with van der Waals surface area (Å²) in [6, 6.07) is 0. The second kappa shape index (κ2) is 4.83. The highest BCUT2D eigenvalue weighted by molar-refractivity contribution is 4.69. The van der Waals surface area contributed by atoms with Gasteiger partial charge in [-0.25, -0.2) is 0 Å². The number of aliphatic hydroxyl groups is 1. The summed E-state index contributed by atoms with van der Waals surface area (Å²) < 4.78 is 5.52. The molecule has 3 atom stereocenters.